The molecule has 27 heavy (non-hydrogen) atoms. The van der Waals surface area contributed by atoms with Gasteiger partial charge < -0.3 is 15.5 Å². The number of amides is 2. The number of anilines is 2. The third-order valence-electron chi connectivity index (χ3n) is 3.99. The van der Waals surface area contributed by atoms with Crippen LogP contribution in [0.15, 0.2) is 36.4 Å². The summed E-state index contributed by atoms with van der Waals surface area (Å²) in [7, 11) is 1.60. The summed E-state index contributed by atoms with van der Waals surface area (Å²) in [5.41, 5.74) is 0.0855. The van der Waals surface area contributed by atoms with Crippen LogP contribution in [-0.4, -0.2) is 31.4 Å². The van der Waals surface area contributed by atoms with Gasteiger partial charge in [0.25, 0.3) is 11.8 Å². The second-order valence-corrected chi connectivity index (χ2v) is 6.45. The molecular weight excluding hydrogens is 383 g/mol. The molecule has 0 radical (unpaired) electrons. The molecule has 2 aromatic rings. The van der Waals surface area contributed by atoms with Gasteiger partial charge in [0.2, 0.25) is 0 Å². The van der Waals surface area contributed by atoms with E-state index in [0.717, 1.165) is 6.07 Å². The summed E-state index contributed by atoms with van der Waals surface area (Å²) in [6, 6.07) is 7.57. The van der Waals surface area contributed by atoms with Crippen molar-refractivity contribution in [1.82, 2.24) is 0 Å². The molecule has 0 spiro atoms. The molecule has 2 rings (SSSR count). The van der Waals surface area contributed by atoms with Crippen molar-refractivity contribution in [2.24, 2.45) is 0 Å². The van der Waals surface area contributed by atoms with Crippen molar-refractivity contribution in [1.29, 1.82) is 0 Å². The largest absolute Gasteiger partial charge is 0.321 e. The molecule has 2 atom stereocenters. The van der Waals surface area contributed by atoms with Crippen LogP contribution >= 0.6 is 11.6 Å². The Balaban J connectivity index is 1.94. The third-order valence-corrected chi connectivity index (χ3v) is 4.24. The van der Waals surface area contributed by atoms with Gasteiger partial charge >= 0.3 is 0 Å². The molecule has 0 fully saturated rings. The normalized spacial score (nSPS) is 13.0. The van der Waals surface area contributed by atoms with Crippen molar-refractivity contribution >= 4 is 34.8 Å². The zero-order valence-electron chi connectivity index (χ0n) is 14.6. The Morgan fingerprint density at radius 3 is 2.30 bits per heavy atom. The highest BCUT2D eigenvalue weighted by Crippen LogP contribution is 2.19. The molecule has 144 valence electrons. The summed E-state index contributed by atoms with van der Waals surface area (Å²) in [5.74, 6) is -5.47. The highest BCUT2D eigenvalue weighted by atomic mass is 35.5. The van der Waals surface area contributed by atoms with Crippen molar-refractivity contribution in [3.8, 4) is 0 Å². The second-order valence-electron chi connectivity index (χ2n) is 6.01. The van der Waals surface area contributed by atoms with Crippen LogP contribution in [0.3, 0.4) is 0 Å². The Morgan fingerprint density at radius 1 is 1.04 bits per heavy atom. The predicted molar refractivity (Wildman–Crippen MR) is 96.2 cm³/mol. The average molecular weight is 401 g/mol. The molecule has 0 aliphatic heterocycles. The quantitative estimate of drug-likeness (QED) is 0.651. The molecule has 0 aliphatic rings. The van der Waals surface area contributed by atoms with Gasteiger partial charge in [0.15, 0.2) is 30.0 Å². The van der Waals surface area contributed by atoms with E-state index in [1.165, 1.54) is 0 Å². The molecule has 2 aromatic carbocycles. The zero-order chi connectivity index (χ0) is 20.1. The van der Waals surface area contributed by atoms with Crippen molar-refractivity contribution in [2.45, 2.75) is 13.0 Å². The highest BCUT2D eigenvalue weighted by Gasteiger charge is 2.25. The van der Waals surface area contributed by atoms with Gasteiger partial charge in [-0.2, -0.15) is 0 Å². The lowest BCUT2D eigenvalue weighted by Crippen LogP contribution is -3.14. The van der Waals surface area contributed by atoms with Crippen LogP contribution < -0.4 is 15.5 Å². The lowest BCUT2D eigenvalue weighted by atomic mass is 10.2. The van der Waals surface area contributed by atoms with E-state index in [-0.39, 0.29) is 12.5 Å². The van der Waals surface area contributed by atoms with Crippen molar-refractivity contribution in [2.75, 3.05) is 24.2 Å². The van der Waals surface area contributed by atoms with Gasteiger partial charge in [0.05, 0.1) is 12.7 Å². The maximum Gasteiger partial charge on any atom is 0.282 e. The van der Waals surface area contributed by atoms with Crippen LogP contribution in [-0.2, 0) is 9.59 Å². The summed E-state index contributed by atoms with van der Waals surface area (Å²) in [5, 5.41) is 5.40. The molecule has 0 aromatic heterocycles. The minimum Gasteiger partial charge on any atom is -0.321 e. The van der Waals surface area contributed by atoms with Crippen LogP contribution in [0.25, 0.3) is 0 Å². The van der Waals surface area contributed by atoms with E-state index < -0.39 is 35.1 Å². The summed E-state index contributed by atoms with van der Waals surface area (Å²) in [6.45, 7) is 1.43. The molecule has 0 saturated heterocycles. The van der Waals surface area contributed by atoms with E-state index >= 15 is 0 Å². The smallest absolute Gasteiger partial charge is 0.282 e. The number of carbonyl (C=O) groups is 2. The van der Waals surface area contributed by atoms with Gasteiger partial charge in [-0.3, -0.25) is 9.59 Å². The maximum atomic E-state index is 13.6. The molecular formula is C18H18ClF3N3O2+. The number of halogens is 4. The maximum absolute atomic E-state index is 13.6. The lowest BCUT2D eigenvalue weighted by molar-refractivity contribution is -0.885. The minimum atomic E-state index is -1.66. The van der Waals surface area contributed by atoms with E-state index in [1.54, 1.807) is 38.2 Å². The first-order valence-corrected chi connectivity index (χ1v) is 8.39. The highest BCUT2D eigenvalue weighted by molar-refractivity contribution is 6.30. The SMILES string of the molecule is C[C@@H](C(=O)Nc1ccc(Cl)cc1)[NH+](C)CC(=O)Nc1ccc(F)c(F)c1F. The fraction of sp³-hybridized carbons (Fsp3) is 0.222. The summed E-state index contributed by atoms with van der Waals surface area (Å²) in [6.07, 6.45) is 0. The second kappa shape index (κ2) is 8.88. The van der Waals surface area contributed by atoms with Gasteiger partial charge in [0, 0.05) is 10.7 Å². The van der Waals surface area contributed by atoms with E-state index in [1.807, 2.05) is 0 Å². The van der Waals surface area contributed by atoms with E-state index in [4.69, 9.17) is 11.6 Å². The third kappa shape index (κ3) is 5.45. The molecule has 5 nitrogen and oxygen atoms in total. The monoisotopic (exact) mass is 400 g/mol. The van der Waals surface area contributed by atoms with Crippen LogP contribution in [0.4, 0.5) is 24.5 Å². The summed E-state index contributed by atoms with van der Waals surface area (Å²) < 4.78 is 39.7. The first kappa shape index (κ1) is 20.7. The molecule has 3 N–H and O–H groups in total. The predicted octanol–water partition coefficient (Wildman–Crippen LogP) is 2.24. The Hall–Kier alpha value is -2.58. The number of hydrogen-bond donors (Lipinski definition) is 3. The molecule has 2 amide bonds. The number of nitrogens with one attached hydrogen (secondary N) is 3. The van der Waals surface area contributed by atoms with Gasteiger partial charge in [-0.05, 0) is 43.3 Å². The Bertz CT molecular complexity index is 846. The van der Waals surface area contributed by atoms with Crippen molar-refractivity contribution in [3.05, 3.63) is 58.9 Å². The number of benzene rings is 2. The number of rotatable bonds is 6. The molecule has 0 bridgehead atoms. The standard InChI is InChI=1S/C18H17ClF3N3O2/c1-10(18(27)23-12-5-3-11(19)4-6-12)25(2)9-15(26)24-14-8-7-13(20)16(21)17(14)22/h3-8,10H,9H2,1-2H3,(H,23,27)(H,24,26)/p+1/t10-/m0/s1. The van der Waals surface area contributed by atoms with Crippen molar-refractivity contribution in [3.63, 3.8) is 0 Å². The molecule has 0 aliphatic carbocycles. The van der Waals surface area contributed by atoms with Crippen LogP contribution in [0.5, 0.6) is 0 Å². The molecule has 9 heteroatoms. The summed E-state index contributed by atoms with van der Waals surface area (Å²) in [4.78, 5) is 24.8. The van der Waals surface area contributed by atoms with Crippen molar-refractivity contribution < 1.29 is 27.7 Å². The van der Waals surface area contributed by atoms with Crippen LogP contribution in [0, 0.1) is 17.5 Å². The van der Waals surface area contributed by atoms with Gasteiger partial charge in [-0.25, -0.2) is 13.2 Å². The van der Waals surface area contributed by atoms with E-state index in [0.29, 0.717) is 21.7 Å². The average Bonchev–Trinajstić information content (AvgIpc) is 2.63. The zero-order valence-corrected chi connectivity index (χ0v) is 15.3. The molecule has 1 unspecified atom stereocenters. The Labute approximate surface area is 159 Å². The molecule has 0 heterocycles. The summed E-state index contributed by atoms with van der Waals surface area (Å²) >= 11 is 5.78. The minimum absolute atomic E-state index is 0.187. The van der Waals surface area contributed by atoms with Crippen LogP contribution in [0.1, 0.15) is 6.92 Å². The fourth-order valence-electron chi connectivity index (χ4n) is 2.23. The van der Waals surface area contributed by atoms with E-state index in [2.05, 4.69) is 10.6 Å². The first-order valence-electron chi connectivity index (χ1n) is 8.01. The Morgan fingerprint density at radius 2 is 1.67 bits per heavy atom. The topological polar surface area (TPSA) is 62.6 Å². The van der Waals surface area contributed by atoms with Gasteiger partial charge in [-0.1, -0.05) is 11.6 Å². The molecule has 0 saturated carbocycles. The lowest BCUT2D eigenvalue weighted by Gasteiger charge is -2.20. The van der Waals surface area contributed by atoms with Gasteiger partial charge in [0.1, 0.15) is 0 Å². The fourth-order valence-corrected chi connectivity index (χ4v) is 2.36. The van der Waals surface area contributed by atoms with Crippen LogP contribution in [0.2, 0.25) is 5.02 Å². The Kier molecular flexibility index (Phi) is 6.81. The van der Waals surface area contributed by atoms with E-state index in [9.17, 15) is 22.8 Å². The first-order chi connectivity index (χ1) is 12.7. The number of hydrogen-bond acceptors (Lipinski definition) is 2. The number of quaternary nitrogens is 1. The van der Waals surface area contributed by atoms with Gasteiger partial charge in [-0.15, -0.1) is 0 Å². The number of carbonyl (C=O) groups excluding carboxylic acids is 2. The number of likely N-dealkylation sites (N-methyl/N-ethyl adjacent to an activating group) is 1.